The van der Waals surface area contributed by atoms with E-state index in [0.29, 0.717) is 29.0 Å². The van der Waals surface area contributed by atoms with Crippen molar-refractivity contribution in [2.75, 3.05) is 19.0 Å². The zero-order chi connectivity index (χ0) is 20.1. The van der Waals surface area contributed by atoms with Crippen LogP contribution >= 0.6 is 0 Å². The molecule has 0 saturated carbocycles. The lowest BCUT2D eigenvalue weighted by molar-refractivity contribution is -0.139. The highest BCUT2D eigenvalue weighted by atomic mass is 16.5. The molecule has 1 atom stereocenters. The molecule has 1 amide bonds. The van der Waals surface area contributed by atoms with Crippen molar-refractivity contribution in [2.45, 2.75) is 45.7 Å². The largest absolute Gasteiger partial charge is 0.481 e. The van der Waals surface area contributed by atoms with Crippen molar-refractivity contribution in [3.05, 3.63) is 23.3 Å². The van der Waals surface area contributed by atoms with E-state index < -0.39 is 18.6 Å². The number of hydrogen-bond acceptors (Lipinski definition) is 6. The molecule has 8 nitrogen and oxygen atoms in total. The highest BCUT2D eigenvalue weighted by Gasteiger charge is 2.37. The smallest absolute Gasteiger partial charge is 0.341 e. The molecule has 1 heterocycles. The number of aliphatic carboxylic acids is 1. The predicted octanol–water partition coefficient (Wildman–Crippen LogP) is 1.86. The number of carbonyl (C=O) groups excluding carboxylic acids is 3. The van der Waals surface area contributed by atoms with E-state index in [-0.39, 0.29) is 36.9 Å². The van der Waals surface area contributed by atoms with E-state index in [1.165, 1.54) is 11.8 Å². The molecule has 1 aromatic rings. The van der Waals surface area contributed by atoms with Gasteiger partial charge in [0, 0.05) is 37.2 Å². The Labute approximate surface area is 157 Å². The minimum atomic E-state index is -1.13. The molecule has 0 radical (unpaired) electrons. The van der Waals surface area contributed by atoms with Gasteiger partial charge in [0.2, 0.25) is 0 Å². The van der Waals surface area contributed by atoms with Gasteiger partial charge in [-0.05, 0) is 19.4 Å². The van der Waals surface area contributed by atoms with Gasteiger partial charge >= 0.3 is 5.97 Å². The Morgan fingerprint density at radius 2 is 2.04 bits per heavy atom. The number of ketones is 2. The van der Waals surface area contributed by atoms with Gasteiger partial charge in [0.05, 0.1) is 18.2 Å². The number of nitrogens with one attached hydrogen (secondary N) is 1. The van der Waals surface area contributed by atoms with E-state index in [1.54, 1.807) is 26.1 Å². The Kier molecular flexibility index (Phi) is 6.55. The number of carboxylic acids is 1. The van der Waals surface area contributed by atoms with Crippen LogP contribution in [0.3, 0.4) is 0 Å². The highest BCUT2D eigenvalue weighted by molar-refractivity contribution is 6.02. The molecule has 0 bridgehead atoms. The third kappa shape index (κ3) is 4.64. The van der Waals surface area contributed by atoms with Crippen molar-refractivity contribution in [1.29, 1.82) is 0 Å². The number of anilines is 1. The van der Waals surface area contributed by atoms with Crippen molar-refractivity contribution in [2.24, 2.45) is 0 Å². The van der Waals surface area contributed by atoms with Gasteiger partial charge in [-0.15, -0.1) is 0 Å². The summed E-state index contributed by atoms with van der Waals surface area (Å²) >= 11 is 0. The van der Waals surface area contributed by atoms with Gasteiger partial charge in [0.1, 0.15) is 11.5 Å². The lowest BCUT2D eigenvalue weighted by Crippen LogP contribution is -2.40. The third-order valence-electron chi connectivity index (χ3n) is 4.60. The molecule has 1 aliphatic rings. The van der Waals surface area contributed by atoms with Crippen LogP contribution in [0.5, 0.6) is 5.75 Å². The molecule has 146 valence electrons. The van der Waals surface area contributed by atoms with Crippen molar-refractivity contribution in [1.82, 2.24) is 4.90 Å². The summed E-state index contributed by atoms with van der Waals surface area (Å²) < 4.78 is 5.35. The fourth-order valence-corrected chi connectivity index (χ4v) is 3.11. The Hall–Kier alpha value is -2.90. The topological polar surface area (TPSA) is 113 Å². The molecular weight excluding hydrogens is 352 g/mol. The quantitative estimate of drug-likeness (QED) is 0.641. The Morgan fingerprint density at radius 1 is 1.33 bits per heavy atom. The molecule has 1 aromatic carbocycles. The maximum atomic E-state index is 12.9. The molecule has 0 spiro atoms. The van der Waals surface area contributed by atoms with Gasteiger partial charge in [-0.1, -0.05) is 6.92 Å². The van der Waals surface area contributed by atoms with Crippen LogP contribution in [0.25, 0.3) is 0 Å². The zero-order valence-electron chi connectivity index (χ0n) is 15.7. The summed E-state index contributed by atoms with van der Waals surface area (Å²) in [7, 11) is 1.68. The lowest BCUT2D eigenvalue weighted by atomic mass is 10.0. The number of nitrogens with zero attached hydrogens (tertiary/aromatic N) is 1. The molecule has 1 unspecified atom stereocenters. The van der Waals surface area contributed by atoms with Gasteiger partial charge in [-0.2, -0.15) is 0 Å². The van der Waals surface area contributed by atoms with Crippen LogP contribution < -0.4 is 10.1 Å². The van der Waals surface area contributed by atoms with E-state index >= 15 is 0 Å². The summed E-state index contributed by atoms with van der Waals surface area (Å²) in [4.78, 5) is 48.9. The number of rotatable bonds is 10. The minimum absolute atomic E-state index is 0.0355. The molecule has 1 aliphatic heterocycles. The standard InChI is InChI=1S/C19H24N2O6/c1-4-13(23)5-6-16(11(2)22)21-9-15-14(19(21)26)7-12(20-3)8-17(15)27-10-18(24)25/h7-8,16,20H,4-6,9-10H2,1-3H3,(H,24,25). The van der Waals surface area contributed by atoms with Crippen LogP contribution in [0.1, 0.15) is 49.0 Å². The van der Waals surface area contributed by atoms with Gasteiger partial charge in [-0.25, -0.2) is 4.79 Å². The summed E-state index contributed by atoms with van der Waals surface area (Å²) in [6.45, 7) is 2.76. The van der Waals surface area contributed by atoms with E-state index in [9.17, 15) is 19.2 Å². The first-order valence-electron chi connectivity index (χ1n) is 8.80. The number of carboxylic acid groups (broad SMARTS) is 1. The first-order chi connectivity index (χ1) is 12.8. The summed E-state index contributed by atoms with van der Waals surface area (Å²) in [6, 6.07) is 2.58. The van der Waals surface area contributed by atoms with E-state index in [2.05, 4.69) is 5.32 Å². The van der Waals surface area contributed by atoms with Crippen LogP contribution in [-0.4, -0.2) is 53.1 Å². The monoisotopic (exact) mass is 376 g/mol. The second-order valence-electron chi connectivity index (χ2n) is 6.42. The van der Waals surface area contributed by atoms with E-state index in [0.717, 1.165) is 0 Å². The van der Waals surface area contributed by atoms with Crippen molar-refractivity contribution >= 4 is 29.1 Å². The van der Waals surface area contributed by atoms with Crippen LogP contribution in [0.2, 0.25) is 0 Å². The number of fused-ring (bicyclic) bond motifs is 1. The number of Topliss-reactive ketones (excluding diaryl/α,β-unsaturated/α-hetero) is 2. The zero-order valence-corrected chi connectivity index (χ0v) is 15.7. The summed E-state index contributed by atoms with van der Waals surface area (Å²) in [5.41, 5.74) is 1.52. The summed E-state index contributed by atoms with van der Waals surface area (Å²) in [5, 5.41) is 11.8. The number of carbonyl (C=O) groups is 4. The molecule has 0 fully saturated rings. The maximum absolute atomic E-state index is 12.9. The van der Waals surface area contributed by atoms with Crippen LogP contribution in [-0.2, 0) is 20.9 Å². The third-order valence-corrected chi connectivity index (χ3v) is 4.60. The molecule has 2 N–H and O–H groups in total. The van der Waals surface area contributed by atoms with Gasteiger partial charge < -0.3 is 20.1 Å². The molecule has 27 heavy (non-hydrogen) atoms. The van der Waals surface area contributed by atoms with Crippen LogP contribution in [0, 0.1) is 0 Å². The molecule has 8 heteroatoms. The average molecular weight is 376 g/mol. The number of amides is 1. The normalized spacial score (nSPS) is 13.9. The van der Waals surface area contributed by atoms with Crippen molar-refractivity contribution in [3.63, 3.8) is 0 Å². The summed E-state index contributed by atoms with van der Waals surface area (Å²) in [5.74, 6) is -1.32. The van der Waals surface area contributed by atoms with Crippen LogP contribution in [0.4, 0.5) is 5.69 Å². The molecule has 2 rings (SSSR count). The fourth-order valence-electron chi connectivity index (χ4n) is 3.11. The Bertz CT molecular complexity index is 774. The second-order valence-corrected chi connectivity index (χ2v) is 6.42. The minimum Gasteiger partial charge on any atom is -0.481 e. The van der Waals surface area contributed by atoms with Crippen LogP contribution in [0.15, 0.2) is 12.1 Å². The Balaban J connectivity index is 2.32. The molecule has 0 aromatic heterocycles. The fraction of sp³-hybridized carbons (Fsp3) is 0.474. The lowest BCUT2D eigenvalue weighted by Gasteiger charge is -2.25. The first-order valence-corrected chi connectivity index (χ1v) is 8.80. The van der Waals surface area contributed by atoms with Crippen molar-refractivity contribution in [3.8, 4) is 5.75 Å². The van der Waals surface area contributed by atoms with E-state index in [4.69, 9.17) is 9.84 Å². The van der Waals surface area contributed by atoms with Gasteiger partial charge in [0.15, 0.2) is 12.4 Å². The maximum Gasteiger partial charge on any atom is 0.341 e. The molecule has 0 aliphatic carbocycles. The average Bonchev–Trinajstić information content (AvgIpc) is 2.96. The molecular formula is C19H24N2O6. The number of hydrogen-bond donors (Lipinski definition) is 2. The number of ether oxygens (including phenoxy) is 1. The highest BCUT2D eigenvalue weighted by Crippen LogP contribution is 2.36. The number of benzene rings is 1. The van der Waals surface area contributed by atoms with E-state index in [1.807, 2.05) is 0 Å². The Morgan fingerprint density at radius 3 is 2.59 bits per heavy atom. The summed E-state index contributed by atoms with van der Waals surface area (Å²) in [6.07, 6.45) is 0.883. The van der Waals surface area contributed by atoms with Gasteiger partial charge in [0.25, 0.3) is 5.91 Å². The molecule has 0 saturated heterocycles. The first kappa shape index (κ1) is 20.4. The SMILES string of the molecule is CCC(=O)CCC(C(C)=O)N1Cc2c(OCC(=O)O)cc(NC)cc2C1=O. The van der Waals surface area contributed by atoms with Gasteiger partial charge in [-0.3, -0.25) is 14.4 Å². The van der Waals surface area contributed by atoms with Crippen molar-refractivity contribution < 1.29 is 29.0 Å². The predicted molar refractivity (Wildman–Crippen MR) is 98.0 cm³/mol. The second kappa shape index (κ2) is 8.66.